The summed E-state index contributed by atoms with van der Waals surface area (Å²) in [7, 11) is 1.24. The molecule has 1 N–H and O–H groups in total. The molecule has 1 saturated heterocycles. The molecule has 0 unspecified atom stereocenters. The number of alkyl halides is 3. The van der Waals surface area contributed by atoms with Crippen LogP contribution in [0.15, 0.2) is 59.5 Å². The lowest BCUT2D eigenvalue weighted by atomic mass is 10.1. The standard InChI is InChI=1S/C27H18ClF3I2N2O5S/c1-39-21-7-6-16(27(29,30)31)11-20(21)34-23(36)12-35-25(37)22(41-26(35)38)10-14-8-18(32)24(19(33)9-14)40-13-15-4-2-3-5-17(15)28/h2-11H,12-13H2,1H3,(H,34,36)/b22-10-. The first-order valence-corrected chi connectivity index (χ1v) is 14.9. The number of nitrogens with zero attached hydrogens (tertiary/aromatic N) is 1. The molecule has 1 aliphatic heterocycles. The maximum atomic E-state index is 13.1. The van der Waals surface area contributed by atoms with Crippen molar-refractivity contribution in [1.29, 1.82) is 0 Å². The van der Waals surface area contributed by atoms with Crippen molar-refractivity contribution >= 4 is 97.4 Å². The Morgan fingerprint density at radius 3 is 2.41 bits per heavy atom. The topological polar surface area (TPSA) is 84.9 Å². The highest BCUT2D eigenvalue weighted by molar-refractivity contribution is 14.1. The summed E-state index contributed by atoms with van der Waals surface area (Å²) in [5.41, 5.74) is 0.227. The Morgan fingerprint density at radius 1 is 1.10 bits per heavy atom. The number of hydrogen-bond donors (Lipinski definition) is 1. The minimum atomic E-state index is -4.64. The molecule has 0 radical (unpaired) electrons. The molecule has 0 atom stereocenters. The maximum absolute atomic E-state index is 13.1. The van der Waals surface area contributed by atoms with Gasteiger partial charge in [-0.05, 0) is 105 Å². The van der Waals surface area contributed by atoms with Crippen LogP contribution in [0.4, 0.5) is 23.7 Å². The van der Waals surface area contributed by atoms with E-state index in [0.717, 1.165) is 35.8 Å². The summed E-state index contributed by atoms with van der Waals surface area (Å²) in [6.07, 6.45) is -3.11. The van der Waals surface area contributed by atoms with Gasteiger partial charge in [0.25, 0.3) is 11.1 Å². The van der Waals surface area contributed by atoms with Crippen molar-refractivity contribution in [2.45, 2.75) is 12.8 Å². The number of anilines is 1. The smallest absolute Gasteiger partial charge is 0.416 e. The molecule has 0 aliphatic carbocycles. The van der Waals surface area contributed by atoms with Gasteiger partial charge in [-0.25, -0.2) is 0 Å². The number of benzene rings is 3. The molecule has 214 valence electrons. The molecule has 3 aromatic rings. The quantitative estimate of drug-likeness (QED) is 0.184. The van der Waals surface area contributed by atoms with Crippen LogP contribution in [0.2, 0.25) is 5.02 Å². The normalized spacial score (nSPS) is 14.5. The van der Waals surface area contributed by atoms with E-state index in [9.17, 15) is 27.6 Å². The number of halogens is 6. The third-order valence-corrected chi connectivity index (χ3v) is 8.50. The summed E-state index contributed by atoms with van der Waals surface area (Å²) in [5, 5.41) is 2.20. The Morgan fingerprint density at radius 2 is 1.78 bits per heavy atom. The first-order valence-electron chi connectivity index (χ1n) is 11.5. The van der Waals surface area contributed by atoms with Gasteiger partial charge in [0.15, 0.2) is 0 Å². The van der Waals surface area contributed by atoms with Gasteiger partial charge < -0.3 is 14.8 Å². The summed E-state index contributed by atoms with van der Waals surface area (Å²) in [6.45, 7) is -0.427. The van der Waals surface area contributed by atoms with E-state index < -0.39 is 35.3 Å². The SMILES string of the molecule is COc1ccc(C(F)(F)F)cc1NC(=O)CN1C(=O)S/C(=C\c2cc(I)c(OCc3ccccc3Cl)c(I)c2)C1=O. The number of ether oxygens (including phenoxy) is 2. The van der Waals surface area contributed by atoms with Crippen LogP contribution in [0.1, 0.15) is 16.7 Å². The van der Waals surface area contributed by atoms with E-state index in [-0.39, 0.29) is 22.9 Å². The molecule has 41 heavy (non-hydrogen) atoms. The highest BCUT2D eigenvalue weighted by atomic mass is 127. The predicted molar refractivity (Wildman–Crippen MR) is 167 cm³/mol. The van der Waals surface area contributed by atoms with Crippen LogP contribution in [0.3, 0.4) is 0 Å². The van der Waals surface area contributed by atoms with Crippen LogP contribution in [-0.4, -0.2) is 35.6 Å². The highest BCUT2D eigenvalue weighted by Gasteiger charge is 2.37. The molecule has 14 heteroatoms. The van der Waals surface area contributed by atoms with E-state index in [4.69, 9.17) is 21.1 Å². The number of imide groups is 1. The third-order valence-electron chi connectivity index (χ3n) is 5.62. The lowest BCUT2D eigenvalue weighted by molar-refractivity contribution is -0.137. The zero-order chi connectivity index (χ0) is 29.9. The monoisotopic (exact) mass is 828 g/mol. The molecular weight excluding hydrogens is 811 g/mol. The maximum Gasteiger partial charge on any atom is 0.416 e. The van der Waals surface area contributed by atoms with Crippen molar-refractivity contribution in [3.05, 3.63) is 88.4 Å². The minimum Gasteiger partial charge on any atom is -0.495 e. The van der Waals surface area contributed by atoms with Crippen LogP contribution >= 0.6 is 68.5 Å². The fraction of sp³-hybridized carbons (Fsp3) is 0.148. The minimum absolute atomic E-state index is 0.0103. The van der Waals surface area contributed by atoms with Gasteiger partial charge in [-0.15, -0.1) is 0 Å². The Kier molecular flexibility index (Phi) is 10.1. The Labute approximate surface area is 269 Å². The summed E-state index contributed by atoms with van der Waals surface area (Å²) >= 11 is 11.1. The van der Waals surface area contributed by atoms with Gasteiger partial charge in [-0.3, -0.25) is 19.3 Å². The third kappa shape index (κ3) is 7.67. The number of carbonyl (C=O) groups excluding carboxylic acids is 3. The van der Waals surface area contributed by atoms with E-state index in [1.54, 1.807) is 18.2 Å². The van der Waals surface area contributed by atoms with E-state index in [0.29, 0.717) is 28.1 Å². The Bertz CT molecular complexity index is 1550. The van der Waals surface area contributed by atoms with E-state index in [1.165, 1.54) is 13.2 Å². The van der Waals surface area contributed by atoms with Gasteiger partial charge in [0.05, 0.1) is 30.4 Å². The second-order valence-corrected chi connectivity index (χ2v) is 12.1. The first-order chi connectivity index (χ1) is 19.4. The number of carbonyl (C=O) groups is 3. The van der Waals surface area contributed by atoms with Crippen molar-refractivity contribution < 1.29 is 37.0 Å². The molecule has 0 bridgehead atoms. The van der Waals surface area contributed by atoms with Gasteiger partial charge in [0, 0.05) is 10.6 Å². The van der Waals surface area contributed by atoms with Crippen LogP contribution in [0.25, 0.3) is 6.08 Å². The van der Waals surface area contributed by atoms with E-state index in [2.05, 4.69) is 50.5 Å². The van der Waals surface area contributed by atoms with Crippen molar-refractivity contribution in [2.75, 3.05) is 19.0 Å². The molecule has 1 aliphatic rings. The summed E-state index contributed by atoms with van der Waals surface area (Å²) < 4.78 is 51.9. The molecule has 0 aromatic heterocycles. The molecular formula is C27H18ClF3I2N2O5S. The lowest BCUT2D eigenvalue weighted by Crippen LogP contribution is -2.36. The average molecular weight is 829 g/mol. The van der Waals surface area contributed by atoms with Crippen LogP contribution in [0, 0.1) is 7.14 Å². The average Bonchev–Trinajstić information content (AvgIpc) is 3.15. The summed E-state index contributed by atoms with van der Waals surface area (Å²) in [5.74, 6) is -0.938. The van der Waals surface area contributed by atoms with Crippen LogP contribution < -0.4 is 14.8 Å². The van der Waals surface area contributed by atoms with Gasteiger partial charge in [0.2, 0.25) is 5.91 Å². The van der Waals surface area contributed by atoms with Gasteiger partial charge >= 0.3 is 6.18 Å². The molecule has 3 aromatic carbocycles. The fourth-order valence-electron chi connectivity index (χ4n) is 3.67. The van der Waals surface area contributed by atoms with Gasteiger partial charge in [-0.1, -0.05) is 29.8 Å². The van der Waals surface area contributed by atoms with Crippen molar-refractivity contribution in [3.63, 3.8) is 0 Å². The number of nitrogens with one attached hydrogen (secondary N) is 1. The van der Waals surface area contributed by atoms with Gasteiger partial charge in [-0.2, -0.15) is 13.2 Å². The second kappa shape index (κ2) is 13.2. The largest absolute Gasteiger partial charge is 0.495 e. The second-order valence-electron chi connectivity index (χ2n) is 8.42. The molecule has 0 spiro atoms. The highest BCUT2D eigenvalue weighted by Crippen LogP contribution is 2.37. The number of hydrogen-bond acceptors (Lipinski definition) is 6. The predicted octanol–water partition coefficient (Wildman–Crippen LogP) is 7.83. The van der Waals surface area contributed by atoms with Crippen molar-refractivity contribution in [3.8, 4) is 11.5 Å². The van der Waals surface area contributed by atoms with Crippen molar-refractivity contribution in [1.82, 2.24) is 4.90 Å². The molecule has 0 saturated carbocycles. The number of rotatable bonds is 8. The first kappa shape index (κ1) is 31.4. The fourth-order valence-corrected chi connectivity index (χ4v) is 6.83. The number of thioether (sulfide) groups is 1. The lowest BCUT2D eigenvalue weighted by Gasteiger charge is -2.16. The number of methoxy groups -OCH3 is 1. The Hall–Kier alpha value is -2.50. The van der Waals surface area contributed by atoms with Crippen LogP contribution in [-0.2, 0) is 22.4 Å². The zero-order valence-electron chi connectivity index (χ0n) is 20.9. The van der Waals surface area contributed by atoms with Gasteiger partial charge in [0.1, 0.15) is 24.7 Å². The molecule has 4 rings (SSSR count). The van der Waals surface area contributed by atoms with E-state index >= 15 is 0 Å². The Balaban J connectivity index is 1.46. The molecule has 3 amide bonds. The summed E-state index contributed by atoms with van der Waals surface area (Å²) in [4.78, 5) is 39.0. The van der Waals surface area contributed by atoms with E-state index in [1.807, 2.05) is 18.2 Å². The zero-order valence-corrected chi connectivity index (χ0v) is 26.7. The summed E-state index contributed by atoms with van der Waals surface area (Å²) in [6, 6.07) is 13.5. The van der Waals surface area contributed by atoms with Crippen molar-refractivity contribution in [2.24, 2.45) is 0 Å². The molecule has 1 heterocycles. The molecule has 1 fully saturated rings. The molecule has 7 nitrogen and oxygen atoms in total. The van der Waals surface area contributed by atoms with Crippen LogP contribution in [0.5, 0.6) is 11.5 Å². The number of amides is 3.